The molecule has 0 unspecified atom stereocenters. The number of aromatic nitrogens is 2. The number of hydrogen-bond acceptors (Lipinski definition) is 4. The average molecular weight is 340 g/mol. The first-order valence-electron chi connectivity index (χ1n) is 8.64. The predicted molar refractivity (Wildman–Crippen MR) is 98.2 cm³/mol. The fourth-order valence-corrected chi connectivity index (χ4v) is 2.95. The Bertz CT molecular complexity index is 814. The van der Waals surface area contributed by atoms with E-state index in [9.17, 15) is 0 Å². The van der Waals surface area contributed by atoms with E-state index in [4.69, 9.17) is 19.6 Å². The van der Waals surface area contributed by atoms with Crippen LogP contribution in [-0.4, -0.2) is 35.0 Å². The molecule has 132 valence electrons. The van der Waals surface area contributed by atoms with Crippen LogP contribution in [0.3, 0.4) is 0 Å². The first kappa shape index (κ1) is 17.3. The van der Waals surface area contributed by atoms with Gasteiger partial charge in [0.15, 0.2) is 11.5 Å². The van der Waals surface area contributed by atoms with Gasteiger partial charge in [-0.15, -0.1) is 0 Å². The van der Waals surface area contributed by atoms with E-state index < -0.39 is 0 Å². The number of methoxy groups -OCH3 is 1. The van der Waals surface area contributed by atoms with Crippen molar-refractivity contribution in [3.8, 4) is 11.5 Å². The second kappa shape index (κ2) is 8.53. The molecule has 0 bridgehead atoms. The Morgan fingerprint density at radius 3 is 2.56 bits per heavy atom. The molecule has 0 aliphatic carbocycles. The summed E-state index contributed by atoms with van der Waals surface area (Å²) in [5.41, 5.74) is 2.13. The van der Waals surface area contributed by atoms with E-state index in [-0.39, 0.29) is 6.61 Å². The maximum atomic E-state index is 9.11. The Kier molecular flexibility index (Phi) is 5.90. The highest BCUT2D eigenvalue weighted by Crippen LogP contribution is 2.26. The first-order chi connectivity index (χ1) is 12.3. The van der Waals surface area contributed by atoms with Gasteiger partial charge in [-0.1, -0.05) is 24.3 Å². The van der Waals surface area contributed by atoms with Crippen LogP contribution in [0.15, 0.2) is 48.5 Å². The molecular weight excluding hydrogens is 316 g/mol. The lowest BCUT2D eigenvalue weighted by Crippen LogP contribution is -2.09. The quantitative estimate of drug-likeness (QED) is 0.606. The van der Waals surface area contributed by atoms with Crippen LogP contribution >= 0.6 is 0 Å². The third-order valence-corrected chi connectivity index (χ3v) is 4.14. The zero-order valence-corrected chi connectivity index (χ0v) is 14.5. The number of hydrogen-bond donors (Lipinski definition) is 1. The molecule has 0 aliphatic heterocycles. The van der Waals surface area contributed by atoms with Crippen LogP contribution in [0.2, 0.25) is 0 Å². The molecule has 0 saturated heterocycles. The monoisotopic (exact) mass is 340 g/mol. The highest BCUT2D eigenvalue weighted by molar-refractivity contribution is 5.75. The lowest BCUT2D eigenvalue weighted by atomic mass is 10.3. The molecule has 0 spiro atoms. The van der Waals surface area contributed by atoms with E-state index in [0.29, 0.717) is 6.61 Å². The number of aryl methyl sites for hydroxylation is 2. The van der Waals surface area contributed by atoms with Crippen LogP contribution in [0.25, 0.3) is 11.0 Å². The lowest BCUT2D eigenvalue weighted by Gasteiger charge is -2.12. The molecule has 2 aromatic carbocycles. The molecule has 1 N–H and O–H groups in total. The van der Waals surface area contributed by atoms with Crippen LogP contribution in [0.5, 0.6) is 11.5 Å². The molecule has 0 saturated carbocycles. The molecule has 0 atom stereocenters. The summed E-state index contributed by atoms with van der Waals surface area (Å²) in [5, 5.41) is 9.11. The van der Waals surface area contributed by atoms with Gasteiger partial charge in [0.2, 0.25) is 0 Å². The van der Waals surface area contributed by atoms with Crippen molar-refractivity contribution in [3.05, 3.63) is 54.4 Å². The van der Waals surface area contributed by atoms with Crippen molar-refractivity contribution in [3.63, 3.8) is 0 Å². The summed E-state index contributed by atoms with van der Waals surface area (Å²) in [6.07, 6.45) is 2.37. The van der Waals surface area contributed by atoms with Crippen LogP contribution in [-0.2, 0) is 13.0 Å². The molecule has 0 aliphatic rings. The normalized spacial score (nSPS) is 11.0. The molecular formula is C20H24N2O3. The Morgan fingerprint density at radius 2 is 1.76 bits per heavy atom. The number of ether oxygens (including phenoxy) is 2. The molecule has 5 nitrogen and oxygen atoms in total. The summed E-state index contributed by atoms with van der Waals surface area (Å²) in [6.45, 7) is 1.61. The minimum Gasteiger partial charge on any atom is -0.493 e. The molecule has 0 amide bonds. The maximum absolute atomic E-state index is 9.11. The SMILES string of the molecule is COc1ccccc1OCCCn1c(CCCO)nc2ccccc21. The van der Waals surface area contributed by atoms with Crippen LogP contribution in [0, 0.1) is 0 Å². The van der Waals surface area contributed by atoms with Crippen LogP contribution in [0.1, 0.15) is 18.7 Å². The third kappa shape index (κ3) is 4.12. The van der Waals surface area contributed by atoms with E-state index in [1.165, 1.54) is 0 Å². The number of aliphatic hydroxyl groups is 1. The minimum atomic E-state index is 0.181. The number of benzene rings is 2. The average Bonchev–Trinajstić information content (AvgIpc) is 3.01. The predicted octanol–water partition coefficient (Wildman–Crippen LogP) is 3.44. The van der Waals surface area contributed by atoms with Gasteiger partial charge in [-0.3, -0.25) is 0 Å². The number of aliphatic hydroxyl groups excluding tert-OH is 1. The van der Waals surface area contributed by atoms with Crippen molar-refractivity contribution in [1.29, 1.82) is 0 Å². The molecule has 3 rings (SSSR count). The highest BCUT2D eigenvalue weighted by atomic mass is 16.5. The second-order valence-corrected chi connectivity index (χ2v) is 5.85. The molecule has 0 radical (unpaired) electrons. The van der Waals surface area contributed by atoms with Gasteiger partial charge < -0.3 is 19.1 Å². The molecule has 0 fully saturated rings. The van der Waals surface area contributed by atoms with Gasteiger partial charge in [-0.2, -0.15) is 0 Å². The summed E-state index contributed by atoms with van der Waals surface area (Å²) in [7, 11) is 1.65. The van der Waals surface area contributed by atoms with Crippen molar-refractivity contribution in [2.24, 2.45) is 0 Å². The lowest BCUT2D eigenvalue weighted by molar-refractivity contribution is 0.279. The van der Waals surface area contributed by atoms with Crippen LogP contribution < -0.4 is 9.47 Å². The number of rotatable bonds is 9. The first-order valence-corrected chi connectivity index (χ1v) is 8.64. The van der Waals surface area contributed by atoms with E-state index in [2.05, 4.69) is 10.6 Å². The number of imidazole rings is 1. The topological polar surface area (TPSA) is 56.5 Å². The maximum Gasteiger partial charge on any atom is 0.161 e. The van der Waals surface area contributed by atoms with Crippen molar-refractivity contribution >= 4 is 11.0 Å². The van der Waals surface area contributed by atoms with Crippen molar-refractivity contribution in [1.82, 2.24) is 9.55 Å². The van der Waals surface area contributed by atoms with Gasteiger partial charge in [0.1, 0.15) is 5.82 Å². The summed E-state index contributed by atoms with van der Waals surface area (Å²) in [5.74, 6) is 2.53. The zero-order valence-electron chi connectivity index (χ0n) is 14.5. The Hall–Kier alpha value is -2.53. The number of nitrogens with zero attached hydrogens (tertiary/aromatic N) is 2. The van der Waals surface area contributed by atoms with Crippen LogP contribution in [0.4, 0.5) is 0 Å². The number of fused-ring (bicyclic) bond motifs is 1. The molecule has 25 heavy (non-hydrogen) atoms. The van der Waals surface area contributed by atoms with Gasteiger partial charge >= 0.3 is 0 Å². The third-order valence-electron chi connectivity index (χ3n) is 4.14. The van der Waals surface area contributed by atoms with Crippen molar-refractivity contribution < 1.29 is 14.6 Å². The van der Waals surface area contributed by atoms with Gasteiger partial charge in [0, 0.05) is 19.6 Å². The van der Waals surface area contributed by atoms with Gasteiger partial charge in [0.05, 0.1) is 24.8 Å². The van der Waals surface area contributed by atoms with Gasteiger partial charge in [-0.05, 0) is 37.1 Å². The van der Waals surface area contributed by atoms with E-state index in [0.717, 1.165) is 54.2 Å². The Labute approximate surface area is 147 Å². The van der Waals surface area contributed by atoms with E-state index in [1.807, 2.05) is 42.5 Å². The molecule has 3 aromatic rings. The van der Waals surface area contributed by atoms with Gasteiger partial charge in [-0.25, -0.2) is 4.98 Å². The molecule has 1 heterocycles. The van der Waals surface area contributed by atoms with Gasteiger partial charge in [0.25, 0.3) is 0 Å². The minimum absolute atomic E-state index is 0.181. The summed E-state index contributed by atoms with van der Waals surface area (Å²) >= 11 is 0. The standard InChI is InChI=1S/C20H24N2O3/c1-24-18-10-4-5-11-19(18)25-15-7-13-22-17-9-3-2-8-16(17)21-20(22)12-6-14-23/h2-5,8-11,23H,6-7,12-15H2,1H3. The second-order valence-electron chi connectivity index (χ2n) is 5.85. The van der Waals surface area contributed by atoms with E-state index in [1.54, 1.807) is 7.11 Å². The number of para-hydroxylation sites is 4. The van der Waals surface area contributed by atoms with Crippen molar-refractivity contribution in [2.75, 3.05) is 20.3 Å². The molecule has 5 heteroatoms. The molecule has 1 aromatic heterocycles. The fourth-order valence-electron chi connectivity index (χ4n) is 2.95. The Balaban J connectivity index is 1.66. The summed E-state index contributed by atoms with van der Waals surface area (Å²) in [4.78, 5) is 4.71. The highest BCUT2D eigenvalue weighted by Gasteiger charge is 2.10. The summed E-state index contributed by atoms with van der Waals surface area (Å²) < 4.78 is 13.4. The fraction of sp³-hybridized carbons (Fsp3) is 0.350. The largest absolute Gasteiger partial charge is 0.493 e. The van der Waals surface area contributed by atoms with E-state index >= 15 is 0 Å². The van der Waals surface area contributed by atoms with Crippen molar-refractivity contribution in [2.45, 2.75) is 25.8 Å². The zero-order chi connectivity index (χ0) is 17.5. The smallest absolute Gasteiger partial charge is 0.161 e. The summed E-state index contributed by atoms with van der Waals surface area (Å²) in [6, 6.07) is 15.8. The Morgan fingerprint density at radius 1 is 1.00 bits per heavy atom.